The third-order valence-corrected chi connectivity index (χ3v) is 2.52. The van der Waals surface area contributed by atoms with E-state index in [1.807, 2.05) is 0 Å². The molecular formula is C12H10FNO3. The van der Waals surface area contributed by atoms with Crippen LogP contribution in [0, 0.1) is 5.82 Å². The molecule has 0 aliphatic rings. The number of nitrogens with one attached hydrogen (secondary N) is 1. The largest absolute Gasteiger partial charge is 0.481 e. The van der Waals surface area contributed by atoms with Gasteiger partial charge >= 0.3 is 5.97 Å². The molecule has 0 saturated carbocycles. The zero-order valence-electron chi connectivity index (χ0n) is 8.87. The molecule has 0 radical (unpaired) electrons. The van der Waals surface area contributed by atoms with Crippen LogP contribution < -0.4 is 5.56 Å². The highest BCUT2D eigenvalue weighted by molar-refractivity contribution is 5.79. The Balaban J connectivity index is 2.50. The molecule has 17 heavy (non-hydrogen) atoms. The molecule has 0 spiro atoms. The van der Waals surface area contributed by atoms with Crippen LogP contribution in [0.5, 0.6) is 0 Å². The van der Waals surface area contributed by atoms with Crippen LogP contribution in [0.15, 0.2) is 29.1 Å². The van der Waals surface area contributed by atoms with E-state index in [1.165, 1.54) is 18.2 Å². The van der Waals surface area contributed by atoms with Gasteiger partial charge in [-0.3, -0.25) is 9.59 Å². The lowest BCUT2D eigenvalue weighted by atomic mass is 10.1. The number of carbonyl (C=O) groups is 1. The van der Waals surface area contributed by atoms with E-state index < -0.39 is 11.8 Å². The topological polar surface area (TPSA) is 70.2 Å². The number of carboxylic acids is 1. The fourth-order valence-electron chi connectivity index (χ4n) is 1.66. The quantitative estimate of drug-likeness (QED) is 0.850. The minimum Gasteiger partial charge on any atom is -0.481 e. The zero-order valence-corrected chi connectivity index (χ0v) is 8.87. The van der Waals surface area contributed by atoms with Crippen molar-refractivity contribution in [3.05, 3.63) is 46.0 Å². The summed E-state index contributed by atoms with van der Waals surface area (Å²) < 4.78 is 13.5. The molecule has 2 aromatic rings. The Morgan fingerprint density at radius 1 is 1.41 bits per heavy atom. The van der Waals surface area contributed by atoms with Gasteiger partial charge in [-0.1, -0.05) is 6.07 Å². The maximum absolute atomic E-state index is 13.5. The molecule has 0 fully saturated rings. The lowest BCUT2D eigenvalue weighted by Crippen LogP contribution is -2.14. The van der Waals surface area contributed by atoms with Gasteiger partial charge in [0.1, 0.15) is 5.82 Å². The number of hydrogen-bond donors (Lipinski definition) is 2. The molecular weight excluding hydrogens is 225 g/mol. The van der Waals surface area contributed by atoms with Crippen LogP contribution >= 0.6 is 0 Å². The second kappa shape index (κ2) is 4.37. The van der Waals surface area contributed by atoms with E-state index in [0.717, 1.165) is 0 Å². The van der Waals surface area contributed by atoms with Gasteiger partial charge in [-0.15, -0.1) is 0 Å². The molecule has 0 bridgehead atoms. The van der Waals surface area contributed by atoms with Gasteiger partial charge in [-0.05, 0) is 24.6 Å². The van der Waals surface area contributed by atoms with E-state index in [9.17, 15) is 14.0 Å². The van der Waals surface area contributed by atoms with Crippen molar-refractivity contribution in [3.63, 3.8) is 0 Å². The molecule has 1 aromatic carbocycles. The van der Waals surface area contributed by atoms with Crippen LogP contribution in [0.2, 0.25) is 0 Å². The van der Waals surface area contributed by atoms with Gasteiger partial charge in [-0.25, -0.2) is 4.39 Å². The predicted molar refractivity (Wildman–Crippen MR) is 60.5 cm³/mol. The summed E-state index contributed by atoms with van der Waals surface area (Å²) in [5.74, 6) is -1.42. The van der Waals surface area contributed by atoms with E-state index in [1.54, 1.807) is 6.07 Å². The van der Waals surface area contributed by atoms with Crippen molar-refractivity contribution >= 4 is 16.9 Å². The molecule has 0 unspecified atom stereocenters. The lowest BCUT2D eigenvalue weighted by molar-refractivity contribution is -0.136. The van der Waals surface area contributed by atoms with Crippen molar-refractivity contribution in [1.29, 1.82) is 0 Å². The smallest absolute Gasteiger partial charge is 0.303 e. The molecule has 1 aromatic heterocycles. The second-order valence-electron chi connectivity index (χ2n) is 3.72. The lowest BCUT2D eigenvalue weighted by Gasteiger charge is -2.02. The maximum Gasteiger partial charge on any atom is 0.303 e. The number of carboxylic acid groups (broad SMARTS) is 1. The highest BCUT2D eigenvalue weighted by Crippen LogP contribution is 2.15. The first-order chi connectivity index (χ1) is 8.08. The Morgan fingerprint density at radius 2 is 2.18 bits per heavy atom. The number of benzene rings is 1. The van der Waals surface area contributed by atoms with Crippen LogP contribution in [0.3, 0.4) is 0 Å². The molecule has 5 heteroatoms. The van der Waals surface area contributed by atoms with Crippen molar-refractivity contribution < 1.29 is 14.3 Å². The Hall–Kier alpha value is -2.17. The van der Waals surface area contributed by atoms with Crippen LogP contribution in [0.25, 0.3) is 10.9 Å². The minimum absolute atomic E-state index is 0.0922. The van der Waals surface area contributed by atoms with Gasteiger partial charge in [0.2, 0.25) is 0 Å². The van der Waals surface area contributed by atoms with Crippen molar-refractivity contribution in [2.24, 2.45) is 0 Å². The molecule has 2 rings (SSSR count). The van der Waals surface area contributed by atoms with Gasteiger partial charge in [-0.2, -0.15) is 0 Å². The third kappa shape index (κ3) is 2.33. The number of rotatable bonds is 3. The Morgan fingerprint density at radius 3 is 2.88 bits per heavy atom. The molecule has 88 valence electrons. The van der Waals surface area contributed by atoms with Crippen LogP contribution in [-0.2, 0) is 11.2 Å². The Bertz CT molecular complexity index is 633. The predicted octanol–water partition coefficient (Wildman–Crippen LogP) is 1.68. The Kier molecular flexibility index (Phi) is 2.91. The number of pyridine rings is 1. The number of aromatic nitrogens is 1. The number of fused-ring (bicyclic) bond motifs is 1. The second-order valence-corrected chi connectivity index (χ2v) is 3.72. The van der Waals surface area contributed by atoms with Gasteiger partial charge in [0.15, 0.2) is 0 Å². The van der Waals surface area contributed by atoms with Crippen LogP contribution in [0.4, 0.5) is 4.39 Å². The van der Waals surface area contributed by atoms with Gasteiger partial charge in [0.05, 0.1) is 5.52 Å². The normalized spacial score (nSPS) is 10.6. The average Bonchev–Trinajstić information content (AvgIpc) is 2.27. The summed E-state index contributed by atoms with van der Waals surface area (Å²) >= 11 is 0. The molecule has 0 aliphatic carbocycles. The zero-order chi connectivity index (χ0) is 12.4. The summed E-state index contributed by atoms with van der Waals surface area (Å²) in [7, 11) is 0. The first-order valence-electron chi connectivity index (χ1n) is 5.10. The molecule has 0 saturated heterocycles. The van der Waals surface area contributed by atoms with Crippen molar-refractivity contribution in [1.82, 2.24) is 4.98 Å². The summed E-state index contributed by atoms with van der Waals surface area (Å²) in [5, 5.41) is 8.85. The number of aryl methyl sites for hydroxylation is 1. The molecule has 2 N–H and O–H groups in total. The third-order valence-electron chi connectivity index (χ3n) is 2.52. The molecule has 0 aliphatic heterocycles. The van der Waals surface area contributed by atoms with Crippen LogP contribution in [0.1, 0.15) is 12.0 Å². The van der Waals surface area contributed by atoms with E-state index in [4.69, 9.17) is 5.11 Å². The maximum atomic E-state index is 13.5. The average molecular weight is 235 g/mol. The summed E-state index contributed by atoms with van der Waals surface area (Å²) in [4.78, 5) is 24.5. The SMILES string of the molecule is O=C(O)CCc1cc2c(F)cccc2[nH]c1=O. The highest BCUT2D eigenvalue weighted by atomic mass is 19.1. The molecule has 1 heterocycles. The monoisotopic (exact) mass is 235 g/mol. The number of H-pyrrole nitrogens is 1. The van der Waals surface area contributed by atoms with E-state index >= 15 is 0 Å². The van der Waals surface area contributed by atoms with E-state index in [2.05, 4.69) is 4.98 Å². The van der Waals surface area contributed by atoms with Gasteiger partial charge < -0.3 is 10.1 Å². The number of aliphatic carboxylic acids is 1. The van der Waals surface area contributed by atoms with E-state index in [0.29, 0.717) is 10.9 Å². The summed E-state index contributed by atoms with van der Waals surface area (Å²) in [6.07, 6.45) is -0.0576. The molecule has 4 nitrogen and oxygen atoms in total. The highest BCUT2D eigenvalue weighted by Gasteiger charge is 2.07. The number of halogens is 1. The number of aromatic amines is 1. The fraction of sp³-hybridized carbons (Fsp3) is 0.167. The summed E-state index contributed by atoms with van der Waals surface area (Å²) in [6, 6.07) is 5.80. The van der Waals surface area contributed by atoms with Crippen molar-refractivity contribution in [2.75, 3.05) is 0 Å². The minimum atomic E-state index is -0.988. The van der Waals surface area contributed by atoms with Crippen LogP contribution in [-0.4, -0.2) is 16.1 Å². The number of hydrogen-bond acceptors (Lipinski definition) is 2. The molecule has 0 atom stereocenters. The summed E-state index contributed by atoms with van der Waals surface area (Å²) in [6.45, 7) is 0. The molecule has 0 amide bonds. The van der Waals surface area contributed by atoms with Crippen molar-refractivity contribution in [3.8, 4) is 0 Å². The van der Waals surface area contributed by atoms with Gasteiger partial charge in [0, 0.05) is 17.4 Å². The first-order valence-corrected chi connectivity index (χ1v) is 5.10. The van der Waals surface area contributed by atoms with Crippen molar-refractivity contribution in [2.45, 2.75) is 12.8 Å². The fourth-order valence-corrected chi connectivity index (χ4v) is 1.66. The van der Waals surface area contributed by atoms with E-state index in [-0.39, 0.29) is 24.0 Å². The first kappa shape index (κ1) is 11.3. The Labute approximate surface area is 95.7 Å². The summed E-state index contributed by atoms with van der Waals surface area (Å²) in [5.41, 5.74) is 0.323. The standard InChI is InChI=1S/C12H10FNO3/c13-9-2-1-3-10-8(9)6-7(12(17)14-10)4-5-11(15)16/h1-3,6H,4-5H2,(H,14,17)(H,15,16). The van der Waals surface area contributed by atoms with Gasteiger partial charge in [0.25, 0.3) is 5.56 Å².